The Kier molecular flexibility index (Phi) is 7.70. The van der Waals surface area contributed by atoms with Crippen molar-refractivity contribution in [1.82, 2.24) is 4.90 Å². The maximum Gasteiger partial charge on any atom is 0.0359 e. The SMILES string of the molecule is CC(C)CCN(CCC(C)C)C1(CN)CC(C)CCC1C. The molecule has 0 aliphatic heterocycles. The van der Waals surface area contributed by atoms with Gasteiger partial charge in [0.15, 0.2) is 0 Å². The molecule has 0 bridgehead atoms. The second-order valence-corrected chi connectivity index (χ2v) is 8.45. The Morgan fingerprint density at radius 2 is 1.52 bits per heavy atom. The van der Waals surface area contributed by atoms with E-state index >= 15 is 0 Å². The molecular formula is C19H40N2. The number of hydrogen-bond acceptors (Lipinski definition) is 2. The summed E-state index contributed by atoms with van der Waals surface area (Å²) in [7, 11) is 0. The van der Waals surface area contributed by atoms with Gasteiger partial charge in [-0.05, 0) is 62.4 Å². The first-order chi connectivity index (χ1) is 9.81. The Hall–Kier alpha value is -0.0800. The average Bonchev–Trinajstić information content (AvgIpc) is 2.41. The fourth-order valence-electron chi connectivity index (χ4n) is 3.95. The van der Waals surface area contributed by atoms with Crippen LogP contribution in [0.4, 0.5) is 0 Å². The van der Waals surface area contributed by atoms with Gasteiger partial charge in [-0.1, -0.05) is 48.0 Å². The first-order valence-electron chi connectivity index (χ1n) is 9.27. The largest absolute Gasteiger partial charge is 0.329 e. The fraction of sp³-hybridized carbons (Fsp3) is 1.00. The third-order valence-corrected chi connectivity index (χ3v) is 5.65. The van der Waals surface area contributed by atoms with E-state index in [0.717, 1.165) is 30.2 Å². The monoisotopic (exact) mass is 296 g/mol. The van der Waals surface area contributed by atoms with Crippen LogP contribution in [0.2, 0.25) is 0 Å². The summed E-state index contributed by atoms with van der Waals surface area (Å²) < 4.78 is 0. The average molecular weight is 297 g/mol. The number of nitrogens with two attached hydrogens (primary N) is 1. The van der Waals surface area contributed by atoms with Crippen molar-refractivity contribution in [2.75, 3.05) is 19.6 Å². The van der Waals surface area contributed by atoms with E-state index in [2.05, 4.69) is 46.4 Å². The van der Waals surface area contributed by atoms with Crippen LogP contribution >= 0.6 is 0 Å². The van der Waals surface area contributed by atoms with Gasteiger partial charge in [-0.15, -0.1) is 0 Å². The molecule has 1 rings (SSSR count). The lowest BCUT2D eigenvalue weighted by Crippen LogP contribution is -2.61. The topological polar surface area (TPSA) is 29.3 Å². The number of nitrogens with zero attached hydrogens (tertiary/aromatic N) is 1. The van der Waals surface area contributed by atoms with Gasteiger partial charge in [-0.3, -0.25) is 4.90 Å². The zero-order chi connectivity index (χ0) is 16.0. The van der Waals surface area contributed by atoms with E-state index in [-0.39, 0.29) is 5.54 Å². The van der Waals surface area contributed by atoms with E-state index in [9.17, 15) is 0 Å². The van der Waals surface area contributed by atoms with Gasteiger partial charge in [0.05, 0.1) is 0 Å². The molecule has 21 heavy (non-hydrogen) atoms. The van der Waals surface area contributed by atoms with Crippen LogP contribution < -0.4 is 5.73 Å². The van der Waals surface area contributed by atoms with E-state index in [4.69, 9.17) is 5.73 Å². The molecule has 126 valence electrons. The second-order valence-electron chi connectivity index (χ2n) is 8.45. The summed E-state index contributed by atoms with van der Waals surface area (Å²) in [5.74, 6) is 3.11. The predicted molar refractivity (Wildman–Crippen MR) is 94.4 cm³/mol. The Balaban J connectivity index is 2.88. The summed E-state index contributed by atoms with van der Waals surface area (Å²) in [4.78, 5) is 2.79. The number of hydrogen-bond donors (Lipinski definition) is 1. The van der Waals surface area contributed by atoms with Crippen molar-refractivity contribution in [2.45, 2.75) is 79.2 Å². The van der Waals surface area contributed by atoms with Gasteiger partial charge in [0.1, 0.15) is 0 Å². The molecule has 1 aliphatic carbocycles. The van der Waals surface area contributed by atoms with Crippen LogP contribution in [0.5, 0.6) is 0 Å². The third kappa shape index (κ3) is 5.25. The van der Waals surface area contributed by atoms with Crippen molar-refractivity contribution >= 4 is 0 Å². The maximum atomic E-state index is 6.36. The first kappa shape index (κ1) is 19.0. The first-order valence-corrected chi connectivity index (χ1v) is 9.27. The van der Waals surface area contributed by atoms with Gasteiger partial charge in [-0.2, -0.15) is 0 Å². The lowest BCUT2D eigenvalue weighted by atomic mass is 9.68. The van der Waals surface area contributed by atoms with Crippen LogP contribution in [0.1, 0.15) is 73.6 Å². The molecule has 0 radical (unpaired) electrons. The van der Waals surface area contributed by atoms with Gasteiger partial charge in [0.25, 0.3) is 0 Å². The normalized spacial score (nSPS) is 30.6. The zero-order valence-electron chi connectivity index (χ0n) is 15.5. The third-order valence-electron chi connectivity index (χ3n) is 5.65. The summed E-state index contributed by atoms with van der Waals surface area (Å²) >= 11 is 0. The Morgan fingerprint density at radius 3 is 1.95 bits per heavy atom. The van der Waals surface area contributed by atoms with Crippen molar-refractivity contribution < 1.29 is 0 Å². The Morgan fingerprint density at radius 1 is 1.00 bits per heavy atom. The number of rotatable bonds is 8. The molecule has 0 amide bonds. The minimum absolute atomic E-state index is 0.251. The van der Waals surface area contributed by atoms with Crippen molar-refractivity contribution in [3.63, 3.8) is 0 Å². The zero-order valence-corrected chi connectivity index (χ0v) is 15.5. The summed E-state index contributed by atoms with van der Waals surface area (Å²) in [6.07, 6.45) is 6.60. The van der Waals surface area contributed by atoms with Gasteiger partial charge in [0, 0.05) is 12.1 Å². The van der Waals surface area contributed by atoms with Gasteiger partial charge in [0.2, 0.25) is 0 Å². The molecule has 1 fully saturated rings. The summed E-state index contributed by atoms with van der Waals surface area (Å²) in [6.45, 7) is 17.5. The highest BCUT2D eigenvalue weighted by Gasteiger charge is 2.43. The highest BCUT2D eigenvalue weighted by atomic mass is 15.2. The molecule has 0 aromatic rings. The molecule has 0 aromatic carbocycles. The second kappa shape index (κ2) is 8.53. The smallest absolute Gasteiger partial charge is 0.0359 e. The maximum absolute atomic E-state index is 6.36. The molecule has 0 spiro atoms. The van der Waals surface area contributed by atoms with Gasteiger partial charge in [-0.25, -0.2) is 0 Å². The summed E-state index contributed by atoms with van der Waals surface area (Å²) in [5.41, 5.74) is 6.61. The molecular weight excluding hydrogens is 256 g/mol. The molecule has 2 heteroatoms. The predicted octanol–water partition coefficient (Wildman–Crippen LogP) is 4.53. The van der Waals surface area contributed by atoms with Crippen molar-refractivity contribution in [1.29, 1.82) is 0 Å². The van der Waals surface area contributed by atoms with Crippen molar-refractivity contribution in [3.05, 3.63) is 0 Å². The van der Waals surface area contributed by atoms with Crippen LogP contribution in [0.25, 0.3) is 0 Å². The van der Waals surface area contributed by atoms with E-state index in [1.165, 1.54) is 45.2 Å². The molecule has 0 aromatic heterocycles. The van der Waals surface area contributed by atoms with Crippen LogP contribution in [0, 0.1) is 23.7 Å². The highest BCUT2D eigenvalue weighted by Crippen LogP contribution is 2.41. The lowest BCUT2D eigenvalue weighted by molar-refractivity contribution is -0.00915. The van der Waals surface area contributed by atoms with Gasteiger partial charge >= 0.3 is 0 Å². The van der Waals surface area contributed by atoms with Gasteiger partial charge < -0.3 is 5.73 Å². The molecule has 2 N–H and O–H groups in total. The minimum atomic E-state index is 0.251. The fourth-order valence-corrected chi connectivity index (χ4v) is 3.95. The summed E-state index contributed by atoms with van der Waals surface area (Å²) in [6, 6.07) is 0. The molecule has 0 saturated heterocycles. The molecule has 1 aliphatic rings. The minimum Gasteiger partial charge on any atom is -0.329 e. The molecule has 3 unspecified atom stereocenters. The van der Waals surface area contributed by atoms with E-state index < -0.39 is 0 Å². The van der Waals surface area contributed by atoms with Crippen LogP contribution in [-0.2, 0) is 0 Å². The highest BCUT2D eigenvalue weighted by molar-refractivity contribution is 5.00. The van der Waals surface area contributed by atoms with Crippen LogP contribution in [-0.4, -0.2) is 30.1 Å². The molecule has 2 nitrogen and oxygen atoms in total. The van der Waals surface area contributed by atoms with Crippen LogP contribution in [0.15, 0.2) is 0 Å². The quantitative estimate of drug-likeness (QED) is 0.713. The van der Waals surface area contributed by atoms with Crippen molar-refractivity contribution in [2.24, 2.45) is 29.4 Å². The van der Waals surface area contributed by atoms with E-state index in [1.807, 2.05) is 0 Å². The molecule has 1 saturated carbocycles. The molecule has 0 heterocycles. The Bertz CT molecular complexity index is 275. The molecule has 3 atom stereocenters. The van der Waals surface area contributed by atoms with E-state index in [0.29, 0.717) is 0 Å². The lowest BCUT2D eigenvalue weighted by Gasteiger charge is -2.52. The Labute approximate surface area is 133 Å². The van der Waals surface area contributed by atoms with E-state index in [1.54, 1.807) is 0 Å². The standard InChI is InChI=1S/C19H40N2/c1-15(2)9-11-21(12-10-16(3)4)19(14-20)13-17(5)7-8-18(19)6/h15-18H,7-14,20H2,1-6H3. The van der Waals surface area contributed by atoms with Crippen LogP contribution in [0.3, 0.4) is 0 Å². The summed E-state index contributed by atoms with van der Waals surface area (Å²) in [5, 5.41) is 0. The van der Waals surface area contributed by atoms with Crippen molar-refractivity contribution in [3.8, 4) is 0 Å².